The first-order chi connectivity index (χ1) is 16.7. The van der Waals surface area contributed by atoms with Crippen LogP contribution in [0.15, 0.2) is 58.4 Å². The van der Waals surface area contributed by atoms with Gasteiger partial charge in [-0.1, -0.05) is 38.0 Å². The third kappa shape index (κ3) is 5.96. The topological polar surface area (TPSA) is 89.0 Å². The fourth-order valence-corrected chi connectivity index (χ4v) is 5.74. The summed E-state index contributed by atoms with van der Waals surface area (Å²) in [7, 11) is -2.39. The van der Waals surface area contributed by atoms with Crippen molar-refractivity contribution in [3.8, 4) is 5.75 Å². The maximum atomic E-state index is 14.1. The smallest absolute Gasteiger partial charge is 0.370 e. The van der Waals surface area contributed by atoms with Crippen molar-refractivity contribution in [1.82, 2.24) is 9.29 Å². The van der Waals surface area contributed by atoms with Gasteiger partial charge in [-0.2, -0.15) is 8.70 Å². The van der Waals surface area contributed by atoms with E-state index in [-0.39, 0.29) is 29.1 Å². The summed E-state index contributed by atoms with van der Waals surface area (Å²) in [5.41, 5.74) is 0.808. The highest BCUT2D eigenvalue weighted by atomic mass is 32.2. The first-order valence-electron chi connectivity index (χ1n) is 11.3. The molecular weight excluding hydrogens is 493 g/mol. The molecule has 1 aliphatic rings. The van der Waals surface area contributed by atoms with Gasteiger partial charge >= 0.3 is 5.97 Å². The van der Waals surface area contributed by atoms with E-state index in [9.17, 15) is 17.6 Å². The number of thioether (sulfide) groups is 1. The average Bonchev–Trinajstić information content (AvgIpc) is 2.94. The molecule has 1 aromatic heterocycles. The molecule has 11 heteroatoms. The van der Waals surface area contributed by atoms with Crippen molar-refractivity contribution < 1.29 is 27.1 Å². The Morgan fingerprint density at radius 3 is 2.63 bits per heavy atom. The number of anilines is 2. The average molecular weight is 524 g/mol. The fraction of sp³-hybridized carbons (Fsp3) is 0.417. The second-order valence-electron chi connectivity index (χ2n) is 7.89. The minimum Gasteiger partial charge on any atom is -0.461 e. The van der Waals surface area contributed by atoms with Crippen molar-refractivity contribution in [2.45, 2.75) is 49.1 Å². The summed E-state index contributed by atoms with van der Waals surface area (Å²) in [6.45, 7) is 4.05. The van der Waals surface area contributed by atoms with Crippen LogP contribution in [0.1, 0.15) is 33.1 Å². The molecule has 0 radical (unpaired) electrons. The number of nitrogens with zero attached hydrogens (tertiary/aromatic N) is 3. The monoisotopic (exact) mass is 523 g/mol. The number of hydrogen-bond acceptors (Lipinski definition) is 8. The Labute approximate surface area is 210 Å². The second kappa shape index (κ2) is 11.9. The number of benzene rings is 1. The summed E-state index contributed by atoms with van der Waals surface area (Å²) >= 11 is 1.22. The number of halogens is 1. The van der Waals surface area contributed by atoms with Gasteiger partial charge in [-0.05, 0) is 31.7 Å². The number of likely N-dealkylation sites (N-methyl/N-ethyl adjacent to an activating group) is 1. The minimum absolute atomic E-state index is 0.00958. The molecule has 8 nitrogen and oxygen atoms in total. The Balaban J connectivity index is 2.16. The van der Waals surface area contributed by atoms with E-state index < -0.39 is 21.8 Å². The summed E-state index contributed by atoms with van der Waals surface area (Å²) < 4.78 is 52.9. The van der Waals surface area contributed by atoms with E-state index in [1.54, 1.807) is 20.2 Å². The van der Waals surface area contributed by atoms with Crippen LogP contribution in [0.25, 0.3) is 0 Å². The van der Waals surface area contributed by atoms with Gasteiger partial charge in [0.25, 0.3) is 0 Å². The highest BCUT2D eigenvalue weighted by Crippen LogP contribution is 2.41. The number of carbonyl (C=O) groups excluding carboxylic acids is 1. The predicted octanol–water partition coefficient (Wildman–Crippen LogP) is 4.89. The number of fused-ring (bicyclic) bond motifs is 1. The third-order valence-electron chi connectivity index (χ3n) is 5.63. The summed E-state index contributed by atoms with van der Waals surface area (Å²) in [5.74, 6) is -2.11. The molecule has 3 rings (SSSR count). The Morgan fingerprint density at radius 1 is 1.29 bits per heavy atom. The zero-order chi connectivity index (χ0) is 25.6. The lowest BCUT2D eigenvalue weighted by Gasteiger charge is -2.29. The molecule has 1 unspecified atom stereocenters. The summed E-state index contributed by atoms with van der Waals surface area (Å²) in [4.78, 5) is 18.1. The number of para-hydroxylation sites is 1. The van der Waals surface area contributed by atoms with Crippen molar-refractivity contribution in [2.24, 2.45) is 0 Å². The van der Waals surface area contributed by atoms with Crippen LogP contribution in [0.3, 0.4) is 0 Å². The lowest BCUT2D eigenvalue weighted by molar-refractivity contribution is -0.140. The van der Waals surface area contributed by atoms with Crippen LogP contribution < -0.4 is 9.64 Å². The number of unbranched alkanes of at least 4 members (excludes halogenated alkanes) is 1. The quantitative estimate of drug-likeness (QED) is 0.199. The van der Waals surface area contributed by atoms with Crippen molar-refractivity contribution in [1.29, 1.82) is 0 Å². The predicted molar refractivity (Wildman–Crippen MR) is 134 cm³/mol. The third-order valence-corrected chi connectivity index (χ3v) is 8.22. The number of aromatic nitrogens is 1. The van der Waals surface area contributed by atoms with Gasteiger partial charge in [0.05, 0.1) is 6.61 Å². The van der Waals surface area contributed by atoms with Crippen LogP contribution in [0.5, 0.6) is 5.75 Å². The number of carbonyl (C=O) groups is 1. The zero-order valence-electron chi connectivity index (χ0n) is 20.2. The number of esters is 1. The molecule has 2 aromatic rings. The summed E-state index contributed by atoms with van der Waals surface area (Å²) in [6, 6.07) is 10.5. The number of sulfonamides is 1. The highest BCUT2D eigenvalue weighted by Gasteiger charge is 2.38. The Kier molecular flexibility index (Phi) is 9.15. The van der Waals surface area contributed by atoms with Gasteiger partial charge in [0.1, 0.15) is 16.2 Å². The van der Waals surface area contributed by atoms with Gasteiger partial charge in [-0.15, -0.1) is 11.8 Å². The van der Waals surface area contributed by atoms with Crippen LogP contribution in [0.2, 0.25) is 0 Å². The van der Waals surface area contributed by atoms with Gasteiger partial charge in [-0.25, -0.2) is 18.2 Å². The van der Waals surface area contributed by atoms with Gasteiger partial charge in [0.2, 0.25) is 15.9 Å². The molecule has 0 saturated carbocycles. The molecule has 0 aliphatic carbocycles. The molecule has 35 heavy (non-hydrogen) atoms. The van der Waals surface area contributed by atoms with Gasteiger partial charge < -0.3 is 14.4 Å². The van der Waals surface area contributed by atoms with Gasteiger partial charge in [-0.3, -0.25) is 0 Å². The molecule has 190 valence electrons. The first-order valence-corrected chi connectivity index (χ1v) is 14.0. The number of rotatable bonds is 9. The van der Waals surface area contributed by atoms with E-state index in [2.05, 4.69) is 16.6 Å². The summed E-state index contributed by atoms with van der Waals surface area (Å²) in [6.07, 6.45) is 4.86. The second-order valence-corrected chi connectivity index (χ2v) is 10.6. The molecule has 2 heterocycles. The molecule has 0 fully saturated rings. The van der Waals surface area contributed by atoms with Crippen molar-refractivity contribution in [2.75, 3.05) is 31.4 Å². The standard InChI is InChI=1S/C24H30FN3O5S2/c1-5-7-11-18-15-28(17-12-9-8-10-13-17)22-21(35(30,31)27(18)3)14-20(23(26-22)34-4)33-16-19(25)24(29)32-6-2/h8-10,12-14,16,18H,5-7,11,15H2,1-4H3/b19-16-. The molecule has 1 aliphatic heterocycles. The van der Waals surface area contributed by atoms with Crippen LogP contribution in [0, 0.1) is 0 Å². The van der Waals surface area contributed by atoms with Crippen molar-refractivity contribution in [3.63, 3.8) is 0 Å². The van der Waals surface area contributed by atoms with Crippen LogP contribution in [0.4, 0.5) is 15.9 Å². The summed E-state index contributed by atoms with van der Waals surface area (Å²) in [5, 5.41) is 0.349. The molecule has 0 bridgehead atoms. The Morgan fingerprint density at radius 2 is 2.00 bits per heavy atom. The van der Waals surface area contributed by atoms with Crippen LogP contribution in [-0.4, -0.2) is 56.2 Å². The van der Waals surface area contributed by atoms with Crippen molar-refractivity contribution >= 4 is 39.3 Å². The molecular formula is C24H30FN3O5S2. The van der Waals surface area contributed by atoms with E-state index in [0.29, 0.717) is 24.3 Å². The van der Waals surface area contributed by atoms with Crippen molar-refractivity contribution in [3.05, 3.63) is 48.5 Å². The maximum Gasteiger partial charge on any atom is 0.370 e. The van der Waals surface area contributed by atoms with E-state index >= 15 is 0 Å². The molecule has 0 amide bonds. The minimum atomic E-state index is -3.95. The molecule has 1 atom stereocenters. The molecule has 0 spiro atoms. The molecule has 1 aromatic carbocycles. The largest absolute Gasteiger partial charge is 0.461 e. The molecule has 0 N–H and O–H groups in total. The van der Waals surface area contributed by atoms with Gasteiger partial charge in [0, 0.05) is 31.4 Å². The van der Waals surface area contributed by atoms with Crippen LogP contribution >= 0.6 is 11.8 Å². The number of pyridine rings is 1. The fourth-order valence-electron chi connectivity index (χ4n) is 3.74. The number of hydrogen-bond donors (Lipinski definition) is 0. The van der Waals surface area contributed by atoms with E-state index in [0.717, 1.165) is 18.5 Å². The maximum absolute atomic E-state index is 14.1. The molecule has 0 saturated heterocycles. The van der Waals surface area contributed by atoms with E-state index in [1.165, 1.54) is 22.1 Å². The van der Waals surface area contributed by atoms with E-state index in [4.69, 9.17) is 4.74 Å². The Bertz CT molecular complexity index is 1180. The van der Waals surface area contributed by atoms with E-state index in [1.807, 2.05) is 35.2 Å². The number of ether oxygens (including phenoxy) is 2. The highest BCUT2D eigenvalue weighted by molar-refractivity contribution is 7.98. The first kappa shape index (κ1) is 27.0. The SMILES string of the molecule is CCCCC1CN(c2ccccc2)c2nc(SC)c(O/C=C(\F)C(=O)OCC)cc2S(=O)(=O)N1C. The van der Waals surface area contributed by atoms with Crippen LogP contribution in [-0.2, 0) is 19.6 Å². The lowest BCUT2D eigenvalue weighted by Crippen LogP contribution is -2.40. The lowest BCUT2D eigenvalue weighted by atomic mass is 10.1. The normalized spacial score (nSPS) is 18.0. The Hall–Kier alpha value is -2.63. The zero-order valence-corrected chi connectivity index (χ0v) is 21.9. The van der Waals surface area contributed by atoms with Gasteiger partial charge in [0.15, 0.2) is 11.6 Å².